The fourth-order valence-electron chi connectivity index (χ4n) is 1.85. The second-order valence-electron chi connectivity index (χ2n) is 4.81. The molecule has 0 radical (unpaired) electrons. The van der Waals surface area contributed by atoms with Crippen LogP contribution in [0.2, 0.25) is 0 Å². The van der Waals surface area contributed by atoms with E-state index in [1.807, 2.05) is 38.1 Å². The highest BCUT2D eigenvalue weighted by molar-refractivity contribution is 5.28. The molecule has 0 aliphatic rings. The summed E-state index contributed by atoms with van der Waals surface area (Å²) in [6.07, 6.45) is 1.54. The van der Waals surface area contributed by atoms with Gasteiger partial charge in [-0.3, -0.25) is 0 Å². The number of methoxy groups -OCH3 is 1. The zero-order chi connectivity index (χ0) is 13.6. The van der Waals surface area contributed by atoms with E-state index in [0.29, 0.717) is 6.54 Å². The van der Waals surface area contributed by atoms with Gasteiger partial charge in [-0.25, -0.2) is 0 Å². The van der Waals surface area contributed by atoms with E-state index in [4.69, 9.17) is 4.74 Å². The number of hydrogen-bond donors (Lipinski definition) is 2. The van der Waals surface area contributed by atoms with Crippen molar-refractivity contribution >= 4 is 0 Å². The third kappa shape index (κ3) is 4.00. The lowest BCUT2D eigenvalue weighted by atomic mass is 9.96. The molecule has 0 heterocycles. The van der Waals surface area contributed by atoms with Crippen LogP contribution >= 0.6 is 0 Å². The average Bonchev–Trinajstić information content (AvgIpc) is 2.44. The van der Waals surface area contributed by atoms with Crippen LogP contribution in [-0.2, 0) is 0 Å². The Hall–Kier alpha value is -1.06. The van der Waals surface area contributed by atoms with Gasteiger partial charge in [-0.05, 0) is 37.5 Å². The minimum Gasteiger partial charge on any atom is -0.497 e. The first-order valence-electron chi connectivity index (χ1n) is 6.64. The summed E-state index contributed by atoms with van der Waals surface area (Å²) < 4.78 is 5.14. The normalized spacial score (nSPS) is 13.4. The molecule has 0 unspecified atom stereocenters. The van der Waals surface area contributed by atoms with Gasteiger partial charge in [0.2, 0.25) is 0 Å². The molecule has 1 aromatic rings. The van der Waals surface area contributed by atoms with E-state index in [1.165, 1.54) is 5.56 Å². The highest BCUT2D eigenvalue weighted by Gasteiger charge is 2.22. The van der Waals surface area contributed by atoms with Crippen molar-refractivity contribution < 1.29 is 9.84 Å². The molecule has 0 bridgehead atoms. The first-order chi connectivity index (χ1) is 8.54. The van der Waals surface area contributed by atoms with Gasteiger partial charge in [-0.1, -0.05) is 26.0 Å². The summed E-state index contributed by atoms with van der Waals surface area (Å²) in [5.74, 6) is 0.865. The molecule has 1 atom stereocenters. The predicted octanol–water partition coefficient (Wildman–Crippen LogP) is 2.90. The Morgan fingerprint density at radius 3 is 2.22 bits per heavy atom. The van der Waals surface area contributed by atoms with E-state index in [2.05, 4.69) is 12.2 Å². The van der Waals surface area contributed by atoms with Crippen LogP contribution < -0.4 is 10.1 Å². The fourth-order valence-corrected chi connectivity index (χ4v) is 1.85. The summed E-state index contributed by atoms with van der Waals surface area (Å²) in [5.41, 5.74) is 0.603. The standard InChI is InChI=1S/C15H25NO2/c1-5-15(17,6-2)11-16-12(3)13-7-9-14(18-4)10-8-13/h7-10,12,16-17H,5-6,11H2,1-4H3/t12-/m0/s1. The molecule has 0 saturated heterocycles. The third-order valence-electron chi connectivity index (χ3n) is 3.67. The van der Waals surface area contributed by atoms with E-state index in [1.54, 1.807) is 7.11 Å². The molecule has 0 amide bonds. The van der Waals surface area contributed by atoms with Gasteiger partial charge in [0, 0.05) is 12.6 Å². The Kier molecular flexibility index (Phi) is 5.63. The van der Waals surface area contributed by atoms with Crippen molar-refractivity contribution in [3.05, 3.63) is 29.8 Å². The molecular formula is C15H25NO2. The maximum absolute atomic E-state index is 10.2. The zero-order valence-electron chi connectivity index (χ0n) is 11.9. The van der Waals surface area contributed by atoms with Crippen LogP contribution in [0.5, 0.6) is 5.75 Å². The molecule has 0 spiro atoms. The summed E-state index contributed by atoms with van der Waals surface area (Å²) in [4.78, 5) is 0. The number of nitrogens with one attached hydrogen (secondary N) is 1. The maximum Gasteiger partial charge on any atom is 0.118 e. The zero-order valence-corrected chi connectivity index (χ0v) is 11.9. The lowest BCUT2D eigenvalue weighted by molar-refractivity contribution is 0.0303. The lowest BCUT2D eigenvalue weighted by Crippen LogP contribution is -2.40. The van der Waals surface area contributed by atoms with Gasteiger partial charge in [0.1, 0.15) is 5.75 Å². The highest BCUT2D eigenvalue weighted by atomic mass is 16.5. The second-order valence-corrected chi connectivity index (χ2v) is 4.81. The molecule has 0 fully saturated rings. The van der Waals surface area contributed by atoms with E-state index in [0.717, 1.165) is 18.6 Å². The summed E-state index contributed by atoms with van der Waals surface area (Å²) in [6.45, 7) is 6.76. The van der Waals surface area contributed by atoms with Crippen molar-refractivity contribution in [2.75, 3.05) is 13.7 Å². The fraction of sp³-hybridized carbons (Fsp3) is 0.600. The number of ether oxygens (including phenoxy) is 1. The smallest absolute Gasteiger partial charge is 0.118 e. The monoisotopic (exact) mass is 251 g/mol. The largest absolute Gasteiger partial charge is 0.497 e. The van der Waals surface area contributed by atoms with E-state index in [9.17, 15) is 5.11 Å². The molecule has 1 rings (SSSR count). The van der Waals surface area contributed by atoms with Crippen molar-refractivity contribution in [2.45, 2.75) is 45.3 Å². The van der Waals surface area contributed by atoms with Crippen molar-refractivity contribution in [1.82, 2.24) is 5.32 Å². The SMILES string of the molecule is CCC(O)(CC)CN[C@@H](C)c1ccc(OC)cc1. The summed E-state index contributed by atoms with van der Waals surface area (Å²) in [5, 5.41) is 13.6. The quantitative estimate of drug-likeness (QED) is 0.783. The molecule has 0 saturated carbocycles. The van der Waals surface area contributed by atoms with Gasteiger partial charge in [-0.2, -0.15) is 0 Å². The van der Waals surface area contributed by atoms with Crippen LogP contribution in [0, 0.1) is 0 Å². The van der Waals surface area contributed by atoms with Crippen LogP contribution in [-0.4, -0.2) is 24.4 Å². The maximum atomic E-state index is 10.2. The van der Waals surface area contributed by atoms with Gasteiger partial charge in [0.05, 0.1) is 12.7 Å². The van der Waals surface area contributed by atoms with Gasteiger partial charge in [-0.15, -0.1) is 0 Å². The minimum absolute atomic E-state index is 0.223. The summed E-state index contributed by atoms with van der Waals surface area (Å²) in [6, 6.07) is 8.24. The Labute approximate surface area is 110 Å². The lowest BCUT2D eigenvalue weighted by Gasteiger charge is -2.27. The second kappa shape index (κ2) is 6.76. The Morgan fingerprint density at radius 2 is 1.78 bits per heavy atom. The summed E-state index contributed by atoms with van der Waals surface area (Å²) >= 11 is 0. The van der Waals surface area contributed by atoms with E-state index in [-0.39, 0.29) is 6.04 Å². The molecule has 1 aromatic carbocycles. The van der Waals surface area contributed by atoms with Crippen LogP contribution in [0.25, 0.3) is 0 Å². The van der Waals surface area contributed by atoms with Crippen LogP contribution in [0.3, 0.4) is 0 Å². The number of aliphatic hydroxyl groups is 1. The summed E-state index contributed by atoms with van der Waals surface area (Å²) in [7, 11) is 1.67. The Balaban J connectivity index is 2.56. The van der Waals surface area contributed by atoms with E-state index >= 15 is 0 Å². The number of benzene rings is 1. The van der Waals surface area contributed by atoms with Crippen molar-refractivity contribution in [3.8, 4) is 5.75 Å². The first-order valence-corrected chi connectivity index (χ1v) is 6.64. The van der Waals surface area contributed by atoms with Crippen LogP contribution in [0.4, 0.5) is 0 Å². The molecule has 0 aliphatic heterocycles. The molecule has 102 valence electrons. The van der Waals surface area contributed by atoms with Gasteiger partial charge in [0.15, 0.2) is 0 Å². The Bertz CT molecular complexity index is 344. The van der Waals surface area contributed by atoms with Crippen LogP contribution in [0.15, 0.2) is 24.3 Å². The van der Waals surface area contributed by atoms with Gasteiger partial charge < -0.3 is 15.2 Å². The molecular weight excluding hydrogens is 226 g/mol. The van der Waals surface area contributed by atoms with Crippen molar-refractivity contribution in [2.24, 2.45) is 0 Å². The molecule has 2 N–H and O–H groups in total. The number of hydrogen-bond acceptors (Lipinski definition) is 3. The first kappa shape index (κ1) is 15.0. The molecule has 3 nitrogen and oxygen atoms in total. The predicted molar refractivity (Wildman–Crippen MR) is 74.9 cm³/mol. The van der Waals surface area contributed by atoms with Gasteiger partial charge >= 0.3 is 0 Å². The molecule has 3 heteroatoms. The number of rotatable bonds is 7. The van der Waals surface area contributed by atoms with Crippen LogP contribution in [0.1, 0.15) is 45.2 Å². The van der Waals surface area contributed by atoms with Crippen molar-refractivity contribution in [1.29, 1.82) is 0 Å². The van der Waals surface area contributed by atoms with Crippen molar-refractivity contribution in [3.63, 3.8) is 0 Å². The topological polar surface area (TPSA) is 41.5 Å². The molecule has 0 aliphatic carbocycles. The third-order valence-corrected chi connectivity index (χ3v) is 3.67. The molecule has 0 aromatic heterocycles. The van der Waals surface area contributed by atoms with E-state index < -0.39 is 5.60 Å². The minimum atomic E-state index is -0.596. The van der Waals surface area contributed by atoms with Gasteiger partial charge in [0.25, 0.3) is 0 Å². The molecule has 18 heavy (non-hydrogen) atoms. The highest BCUT2D eigenvalue weighted by Crippen LogP contribution is 2.19. The Morgan fingerprint density at radius 1 is 1.22 bits per heavy atom. The average molecular weight is 251 g/mol.